The van der Waals surface area contributed by atoms with Crippen LogP contribution in [0.2, 0.25) is 0 Å². The van der Waals surface area contributed by atoms with Crippen molar-refractivity contribution in [2.75, 3.05) is 0 Å². The second kappa shape index (κ2) is 6.94. The van der Waals surface area contributed by atoms with Gasteiger partial charge in [0.25, 0.3) is 5.56 Å². The number of rotatable bonds is 4. The van der Waals surface area contributed by atoms with E-state index in [0.717, 1.165) is 33.4 Å². The highest BCUT2D eigenvalue weighted by molar-refractivity contribution is 5.95. The van der Waals surface area contributed by atoms with Crippen molar-refractivity contribution in [2.24, 2.45) is 7.05 Å². The Morgan fingerprint density at radius 2 is 1.97 bits per heavy atom. The highest BCUT2D eigenvalue weighted by atomic mass is 16.4. The minimum absolute atomic E-state index is 0.0801. The van der Waals surface area contributed by atoms with E-state index < -0.39 is 5.97 Å². The molecule has 0 unspecified atom stereocenters. The number of carboxylic acids is 1. The zero-order chi connectivity index (χ0) is 21.7. The van der Waals surface area contributed by atoms with Crippen LogP contribution in [0.4, 0.5) is 0 Å². The number of aromatic nitrogens is 5. The van der Waals surface area contributed by atoms with E-state index in [1.54, 1.807) is 36.1 Å². The van der Waals surface area contributed by atoms with Crippen LogP contribution in [0.25, 0.3) is 33.2 Å². The molecule has 4 heterocycles. The van der Waals surface area contributed by atoms with Crippen LogP contribution in [-0.4, -0.2) is 35.2 Å². The first kappa shape index (κ1) is 18.8. The van der Waals surface area contributed by atoms with Crippen molar-refractivity contribution in [3.8, 4) is 11.1 Å². The molecule has 0 saturated heterocycles. The van der Waals surface area contributed by atoms with Crippen LogP contribution in [0.15, 0.2) is 59.8 Å². The molecule has 0 aliphatic heterocycles. The van der Waals surface area contributed by atoms with Crippen molar-refractivity contribution in [1.82, 2.24) is 24.1 Å². The molecule has 1 aromatic carbocycles. The third-order valence-corrected chi connectivity index (χ3v) is 5.54. The molecule has 5 rings (SSSR count). The van der Waals surface area contributed by atoms with Crippen molar-refractivity contribution < 1.29 is 9.90 Å². The third-order valence-electron chi connectivity index (χ3n) is 5.54. The fourth-order valence-electron chi connectivity index (χ4n) is 3.90. The first-order chi connectivity index (χ1) is 14.9. The van der Waals surface area contributed by atoms with E-state index in [9.17, 15) is 9.59 Å². The molecule has 0 fully saturated rings. The van der Waals surface area contributed by atoms with Crippen LogP contribution in [0.5, 0.6) is 0 Å². The number of carbonyl (C=O) groups is 1. The molecule has 2 N–H and O–H groups in total. The number of hydrogen-bond donors (Lipinski definition) is 2. The zero-order valence-corrected chi connectivity index (χ0v) is 17.0. The van der Waals surface area contributed by atoms with Crippen molar-refractivity contribution >= 4 is 28.0 Å². The Hall–Kier alpha value is -4.20. The predicted octanol–water partition coefficient (Wildman–Crippen LogP) is 3.33. The fraction of sp³-hybridized carbons (Fsp3) is 0.130. The summed E-state index contributed by atoms with van der Waals surface area (Å²) in [5.74, 6) is -0.132. The maximum absolute atomic E-state index is 12.4. The molecule has 0 saturated carbocycles. The third kappa shape index (κ3) is 3.09. The summed E-state index contributed by atoms with van der Waals surface area (Å²) in [7, 11) is 1.73. The summed E-state index contributed by atoms with van der Waals surface area (Å²) < 4.78 is 3.61. The molecule has 8 heteroatoms. The number of fused-ring (bicyclic) bond motifs is 2. The van der Waals surface area contributed by atoms with Gasteiger partial charge in [0.1, 0.15) is 11.3 Å². The van der Waals surface area contributed by atoms with Gasteiger partial charge in [-0.25, -0.2) is 14.8 Å². The van der Waals surface area contributed by atoms with Crippen LogP contribution in [-0.2, 0) is 13.6 Å². The molecule has 4 aromatic heterocycles. The lowest BCUT2D eigenvalue weighted by Crippen LogP contribution is -2.16. The van der Waals surface area contributed by atoms with Gasteiger partial charge in [-0.15, -0.1) is 0 Å². The quantitative estimate of drug-likeness (QED) is 0.470. The molecular formula is C23H19N5O3. The van der Waals surface area contributed by atoms with E-state index in [-0.39, 0.29) is 11.1 Å². The van der Waals surface area contributed by atoms with E-state index >= 15 is 0 Å². The van der Waals surface area contributed by atoms with E-state index in [2.05, 4.69) is 19.5 Å². The molecule has 0 aliphatic rings. The molecular weight excluding hydrogens is 394 g/mol. The summed E-state index contributed by atoms with van der Waals surface area (Å²) in [4.78, 5) is 35.6. The molecule has 154 valence electrons. The van der Waals surface area contributed by atoms with Crippen molar-refractivity contribution in [3.05, 3.63) is 82.3 Å². The predicted molar refractivity (Wildman–Crippen MR) is 117 cm³/mol. The summed E-state index contributed by atoms with van der Waals surface area (Å²) in [6.07, 6.45) is 5.35. The first-order valence-corrected chi connectivity index (χ1v) is 9.74. The number of nitrogens with one attached hydrogen (secondary N) is 1. The number of hydrogen-bond acceptors (Lipinski definition) is 4. The van der Waals surface area contributed by atoms with E-state index in [1.165, 1.54) is 0 Å². The Kier molecular flexibility index (Phi) is 4.21. The van der Waals surface area contributed by atoms with Gasteiger partial charge in [-0.05, 0) is 36.8 Å². The lowest BCUT2D eigenvalue weighted by atomic mass is 10.1. The second-order valence-corrected chi connectivity index (χ2v) is 7.54. The van der Waals surface area contributed by atoms with Gasteiger partial charge in [0.15, 0.2) is 5.65 Å². The van der Waals surface area contributed by atoms with Crippen LogP contribution in [0.1, 0.15) is 21.7 Å². The van der Waals surface area contributed by atoms with E-state index in [0.29, 0.717) is 17.7 Å². The number of imidazole rings is 1. The highest BCUT2D eigenvalue weighted by Gasteiger charge is 2.14. The van der Waals surface area contributed by atoms with Gasteiger partial charge in [0.2, 0.25) is 0 Å². The summed E-state index contributed by atoms with van der Waals surface area (Å²) >= 11 is 0. The molecule has 0 aliphatic carbocycles. The summed E-state index contributed by atoms with van der Waals surface area (Å²) in [5.41, 5.74) is 5.00. The minimum atomic E-state index is -0.946. The summed E-state index contributed by atoms with van der Waals surface area (Å²) in [6.45, 7) is 2.46. The lowest BCUT2D eigenvalue weighted by molar-refractivity contribution is 0.0697. The number of H-pyrrole nitrogens is 1. The average molecular weight is 413 g/mol. The summed E-state index contributed by atoms with van der Waals surface area (Å²) in [5, 5.41) is 9.95. The molecule has 5 aromatic rings. The standard InChI is InChI=1S/C23H19N5O3/c1-13-26-21-19(28(13)11-14-3-5-15(6-4-14)23(30)31)9-16(10-25-21)18-12-27(2)22(29)20-17(18)7-8-24-20/h3-10,12,24H,11H2,1-2H3,(H,30,31). The normalized spacial score (nSPS) is 11.4. The Morgan fingerprint density at radius 1 is 1.19 bits per heavy atom. The molecule has 0 bridgehead atoms. The topological polar surface area (TPSA) is 106 Å². The zero-order valence-electron chi connectivity index (χ0n) is 17.0. The summed E-state index contributed by atoms with van der Waals surface area (Å²) in [6, 6.07) is 10.7. The molecule has 31 heavy (non-hydrogen) atoms. The van der Waals surface area contributed by atoms with E-state index in [1.807, 2.05) is 37.4 Å². The number of pyridine rings is 2. The molecule has 0 radical (unpaired) electrons. The number of benzene rings is 1. The van der Waals surface area contributed by atoms with Gasteiger partial charge in [0, 0.05) is 48.7 Å². The van der Waals surface area contributed by atoms with Crippen molar-refractivity contribution in [1.29, 1.82) is 0 Å². The van der Waals surface area contributed by atoms with Gasteiger partial charge >= 0.3 is 5.97 Å². The Labute approximate surface area is 176 Å². The second-order valence-electron chi connectivity index (χ2n) is 7.54. The molecule has 0 atom stereocenters. The van der Waals surface area contributed by atoms with Crippen LogP contribution in [0, 0.1) is 6.92 Å². The Bertz CT molecular complexity index is 1520. The fourth-order valence-corrected chi connectivity index (χ4v) is 3.90. The number of aromatic amines is 1. The smallest absolute Gasteiger partial charge is 0.335 e. The largest absolute Gasteiger partial charge is 0.478 e. The maximum Gasteiger partial charge on any atom is 0.335 e. The SMILES string of the molecule is Cc1nc2ncc(-c3cn(C)c(=O)c4[nH]ccc34)cc2n1Cc1ccc(C(=O)O)cc1. The van der Waals surface area contributed by atoms with Gasteiger partial charge < -0.3 is 19.2 Å². The Balaban J connectivity index is 1.62. The first-order valence-electron chi connectivity index (χ1n) is 9.74. The van der Waals surface area contributed by atoms with Gasteiger partial charge in [-0.1, -0.05) is 12.1 Å². The molecule has 8 nitrogen and oxygen atoms in total. The van der Waals surface area contributed by atoms with Crippen LogP contribution in [0.3, 0.4) is 0 Å². The average Bonchev–Trinajstić information content (AvgIpc) is 3.36. The highest BCUT2D eigenvalue weighted by Crippen LogP contribution is 2.28. The van der Waals surface area contributed by atoms with E-state index in [4.69, 9.17) is 5.11 Å². The Morgan fingerprint density at radius 3 is 2.71 bits per heavy atom. The number of aromatic carboxylic acids is 1. The van der Waals surface area contributed by atoms with Gasteiger partial charge in [-0.2, -0.15) is 0 Å². The van der Waals surface area contributed by atoms with Crippen LogP contribution >= 0.6 is 0 Å². The molecule has 0 amide bonds. The monoisotopic (exact) mass is 413 g/mol. The van der Waals surface area contributed by atoms with Crippen molar-refractivity contribution in [2.45, 2.75) is 13.5 Å². The van der Waals surface area contributed by atoms with Crippen molar-refractivity contribution in [3.63, 3.8) is 0 Å². The number of nitrogens with zero attached hydrogens (tertiary/aromatic N) is 4. The number of aryl methyl sites for hydroxylation is 2. The lowest BCUT2D eigenvalue weighted by Gasteiger charge is -2.10. The van der Waals surface area contributed by atoms with Gasteiger partial charge in [-0.3, -0.25) is 4.79 Å². The maximum atomic E-state index is 12.4. The van der Waals surface area contributed by atoms with Gasteiger partial charge in [0.05, 0.1) is 11.1 Å². The van der Waals surface area contributed by atoms with Crippen LogP contribution < -0.4 is 5.56 Å². The minimum Gasteiger partial charge on any atom is -0.478 e. The number of carboxylic acid groups (broad SMARTS) is 1. The molecule has 0 spiro atoms.